The monoisotopic (exact) mass is 379 g/mol. The van der Waals surface area contributed by atoms with Gasteiger partial charge in [0.2, 0.25) is 0 Å². The van der Waals surface area contributed by atoms with Crippen molar-refractivity contribution in [1.82, 2.24) is 14.5 Å². The highest BCUT2D eigenvalue weighted by molar-refractivity contribution is 9.10. The molecule has 3 nitrogen and oxygen atoms in total. The summed E-state index contributed by atoms with van der Waals surface area (Å²) in [7, 11) is 0. The van der Waals surface area contributed by atoms with Gasteiger partial charge in [-0.05, 0) is 42.0 Å². The van der Waals surface area contributed by atoms with Gasteiger partial charge in [-0.3, -0.25) is 4.57 Å². The smallest absolute Gasteiger partial charge is 0.172 e. The van der Waals surface area contributed by atoms with Gasteiger partial charge >= 0.3 is 0 Å². The Bertz CT molecular complexity index is 743. The van der Waals surface area contributed by atoms with Crippen LogP contribution in [0.5, 0.6) is 0 Å². The third kappa shape index (κ3) is 3.67. The van der Waals surface area contributed by atoms with E-state index in [0.29, 0.717) is 5.15 Å². The molecule has 0 N–H and O–H groups in total. The van der Waals surface area contributed by atoms with Crippen molar-refractivity contribution >= 4 is 39.3 Å². The molecule has 3 aromatic rings. The second-order valence-electron chi connectivity index (χ2n) is 4.33. The summed E-state index contributed by atoms with van der Waals surface area (Å²) in [5.41, 5.74) is 2.22. The van der Waals surface area contributed by atoms with Gasteiger partial charge in [-0.1, -0.05) is 39.3 Å². The van der Waals surface area contributed by atoms with Crippen molar-refractivity contribution in [2.24, 2.45) is 0 Å². The van der Waals surface area contributed by atoms with Crippen LogP contribution in [0.2, 0.25) is 5.15 Å². The van der Waals surface area contributed by atoms with Crippen molar-refractivity contribution in [3.63, 3.8) is 0 Å². The molecule has 0 bridgehead atoms. The minimum atomic E-state index is 0.518. The predicted molar refractivity (Wildman–Crippen MR) is 90.1 cm³/mol. The van der Waals surface area contributed by atoms with Crippen LogP contribution < -0.4 is 0 Å². The molecule has 0 spiro atoms. The molecule has 1 aromatic carbocycles. The third-order valence-electron chi connectivity index (χ3n) is 2.87. The fraction of sp³-hybridized carbons (Fsp3) is 0.0667. The third-order valence-corrected chi connectivity index (χ3v) is 4.64. The molecule has 0 atom stereocenters. The summed E-state index contributed by atoms with van der Waals surface area (Å²) in [6.45, 7) is 0. The van der Waals surface area contributed by atoms with E-state index in [1.165, 1.54) is 0 Å². The molecule has 6 heteroatoms. The van der Waals surface area contributed by atoms with E-state index in [1.807, 2.05) is 36.7 Å². The molecule has 106 valence electrons. The lowest BCUT2D eigenvalue weighted by molar-refractivity contribution is 0.894. The summed E-state index contributed by atoms with van der Waals surface area (Å²) in [5, 5.41) is 1.47. The van der Waals surface area contributed by atoms with Gasteiger partial charge in [0.25, 0.3) is 0 Å². The first-order chi connectivity index (χ1) is 10.2. The number of benzene rings is 1. The second kappa shape index (κ2) is 6.64. The van der Waals surface area contributed by atoms with Crippen LogP contribution in [0.25, 0.3) is 5.69 Å². The number of thioether (sulfide) groups is 1. The normalized spacial score (nSPS) is 10.8. The van der Waals surface area contributed by atoms with Gasteiger partial charge in [-0.2, -0.15) is 0 Å². The van der Waals surface area contributed by atoms with E-state index < -0.39 is 0 Å². The maximum Gasteiger partial charge on any atom is 0.172 e. The van der Waals surface area contributed by atoms with Gasteiger partial charge in [-0.25, -0.2) is 9.97 Å². The molecule has 2 heterocycles. The molecule has 0 aliphatic heterocycles. The summed E-state index contributed by atoms with van der Waals surface area (Å²) in [5.74, 6) is 0.801. The Labute approximate surface area is 140 Å². The first-order valence-corrected chi connectivity index (χ1v) is 8.40. The quantitative estimate of drug-likeness (QED) is 0.472. The Kier molecular flexibility index (Phi) is 4.63. The molecule has 2 aromatic heterocycles. The Hall–Kier alpha value is -1.30. The minimum absolute atomic E-state index is 0.518. The molecule has 0 radical (unpaired) electrons. The van der Waals surface area contributed by atoms with E-state index in [2.05, 4.69) is 42.6 Å². The lowest BCUT2D eigenvalue weighted by Crippen LogP contribution is -1.95. The van der Waals surface area contributed by atoms with Crippen LogP contribution in [-0.2, 0) is 5.75 Å². The Morgan fingerprint density at radius 1 is 1.10 bits per heavy atom. The fourth-order valence-electron chi connectivity index (χ4n) is 1.87. The molecule has 0 saturated heterocycles. The van der Waals surface area contributed by atoms with Gasteiger partial charge in [0, 0.05) is 34.5 Å². The fourth-order valence-corrected chi connectivity index (χ4v) is 3.25. The van der Waals surface area contributed by atoms with E-state index in [4.69, 9.17) is 11.6 Å². The van der Waals surface area contributed by atoms with Crippen LogP contribution in [0.4, 0.5) is 0 Å². The first kappa shape index (κ1) is 14.6. The lowest BCUT2D eigenvalue weighted by Gasteiger charge is -2.07. The molecule has 0 amide bonds. The van der Waals surface area contributed by atoms with Crippen LogP contribution >= 0.6 is 39.3 Å². The largest absolute Gasteiger partial charge is 0.295 e. The number of nitrogens with zero attached hydrogens (tertiary/aromatic N) is 3. The average molecular weight is 381 g/mol. The average Bonchev–Trinajstić information content (AvgIpc) is 2.94. The van der Waals surface area contributed by atoms with Crippen LogP contribution in [0.3, 0.4) is 0 Å². The van der Waals surface area contributed by atoms with Crippen LogP contribution in [-0.4, -0.2) is 14.5 Å². The standard InChI is InChI=1S/C15H11BrClN3S/c16-12-1-3-13(4-2-12)20-8-7-19-15(20)21-10-11-5-6-18-14(17)9-11/h1-9H,10H2. The number of halogens is 2. The molecule has 0 fully saturated rings. The molecule has 0 aliphatic carbocycles. The van der Waals surface area contributed by atoms with Crippen molar-refractivity contribution in [3.05, 3.63) is 70.2 Å². The van der Waals surface area contributed by atoms with Gasteiger partial charge in [0.05, 0.1) is 0 Å². The second-order valence-corrected chi connectivity index (χ2v) is 6.58. The summed E-state index contributed by atoms with van der Waals surface area (Å²) < 4.78 is 3.13. The number of imidazole rings is 1. The van der Waals surface area contributed by atoms with Crippen LogP contribution in [0.1, 0.15) is 5.56 Å². The van der Waals surface area contributed by atoms with Crippen molar-refractivity contribution < 1.29 is 0 Å². The molecule has 0 saturated carbocycles. The highest BCUT2D eigenvalue weighted by atomic mass is 79.9. The van der Waals surface area contributed by atoms with E-state index in [1.54, 1.807) is 18.0 Å². The van der Waals surface area contributed by atoms with Crippen LogP contribution in [0, 0.1) is 0 Å². The Balaban J connectivity index is 1.78. The summed E-state index contributed by atoms with van der Waals surface area (Å²) in [6.07, 6.45) is 5.49. The van der Waals surface area contributed by atoms with E-state index >= 15 is 0 Å². The first-order valence-electron chi connectivity index (χ1n) is 6.25. The molecular weight excluding hydrogens is 370 g/mol. The summed E-state index contributed by atoms with van der Waals surface area (Å²) in [6, 6.07) is 12.0. The number of rotatable bonds is 4. The Morgan fingerprint density at radius 3 is 2.67 bits per heavy atom. The van der Waals surface area contributed by atoms with Crippen molar-refractivity contribution in [1.29, 1.82) is 0 Å². The maximum absolute atomic E-state index is 5.90. The SMILES string of the molecule is Clc1cc(CSc2nccn2-c2ccc(Br)cc2)ccn1. The zero-order valence-corrected chi connectivity index (χ0v) is 14.1. The lowest BCUT2D eigenvalue weighted by atomic mass is 10.3. The predicted octanol–water partition coefficient (Wildman–Crippen LogP) is 4.98. The molecular formula is C15H11BrClN3S. The van der Waals surface area contributed by atoms with E-state index in [-0.39, 0.29) is 0 Å². The van der Waals surface area contributed by atoms with Gasteiger partial charge in [0.15, 0.2) is 5.16 Å². The van der Waals surface area contributed by atoms with Crippen molar-refractivity contribution in [3.8, 4) is 5.69 Å². The van der Waals surface area contributed by atoms with E-state index in [0.717, 1.165) is 26.6 Å². The Morgan fingerprint density at radius 2 is 1.90 bits per heavy atom. The van der Waals surface area contributed by atoms with Crippen molar-refractivity contribution in [2.75, 3.05) is 0 Å². The molecule has 21 heavy (non-hydrogen) atoms. The number of pyridine rings is 1. The molecule has 0 aliphatic rings. The van der Waals surface area contributed by atoms with Gasteiger partial charge < -0.3 is 0 Å². The molecule has 3 rings (SSSR count). The highest BCUT2D eigenvalue weighted by Gasteiger charge is 2.06. The zero-order valence-electron chi connectivity index (χ0n) is 10.9. The van der Waals surface area contributed by atoms with E-state index in [9.17, 15) is 0 Å². The molecule has 0 unspecified atom stereocenters. The van der Waals surface area contributed by atoms with Crippen LogP contribution in [0.15, 0.2) is 64.6 Å². The van der Waals surface area contributed by atoms with Gasteiger partial charge in [0.1, 0.15) is 5.15 Å². The minimum Gasteiger partial charge on any atom is -0.295 e. The number of hydrogen-bond donors (Lipinski definition) is 0. The highest BCUT2D eigenvalue weighted by Crippen LogP contribution is 2.25. The summed E-state index contributed by atoms with van der Waals surface area (Å²) >= 11 is 11.0. The maximum atomic E-state index is 5.90. The number of aromatic nitrogens is 3. The zero-order chi connectivity index (χ0) is 14.7. The number of hydrogen-bond acceptors (Lipinski definition) is 3. The topological polar surface area (TPSA) is 30.7 Å². The van der Waals surface area contributed by atoms with Crippen molar-refractivity contribution in [2.45, 2.75) is 10.9 Å². The van der Waals surface area contributed by atoms with Gasteiger partial charge in [-0.15, -0.1) is 0 Å². The summed E-state index contributed by atoms with van der Waals surface area (Å²) in [4.78, 5) is 8.41.